The second-order valence-electron chi connectivity index (χ2n) is 3.98. The molecule has 0 bridgehead atoms. The minimum atomic E-state index is -0.0142. The smallest absolute Gasteiger partial charge is 0.246 e. The van der Waals surface area contributed by atoms with Crippen LogP contribution >= 0.6 is 0 Å². The third-order valence-electron chi connectivity index (χ3n) is 2.62. The molecule has 0 atom stereocenters. The van der Waals surface area contributed by atoms with E-state index in [4.69, 9.17) is 10.00 Å². The number of rotatable bonds is 3. The first-order valence-electron chi connectivity index (χ1n) is 5.67. The molecule has 1 aromatic heterocycles. The van der Waals surface area contributed by atoms with Crippen molar-refractivity contribution in [3.63, 3.8) is 0 Å². The monoisotopic (exact) mass is 243 g/mol. The molecule has 5 heteroatoms. The Balaban J connectivity index is 1.83. The van der Waals surface area contributed by atoms with Gasteiger partial charge in [0.1, 0.15) is 12.2 Å². The average molecular weight is 243 g/mol. The van der Waals surface area contributed by atoms with Crippen LogP contribution in [-0.2, 0) is 4.79 Å². The molecule has 0 aliphatic carbocycles. The zero-order valence-electron chi connectivity index (χ0n) is 10.0. The molecule has 5 nitrogen and oxygen atoms in total. The number of amides is 1. The molecule has 18 heavy (non-hydrogen) atoms. The maximum atomic E-state index is 11.4. The van der Waals surface area contributed by atoms with Gasteiger partial charge in [0.2, 0.25) is 11.8 Å². The quantitative estimate of drug-likeness (QED) is 0.746. The van der Waals surface area contributed by atoms with Gasteiger partial charge < -0.3 is 9.64 Å². The summed E-state index contributed by atoms with van der Waals surface area (Å²) >= 11 is 0. The molecular formula is C13H13N3O2. The number of pyridine rings is 1. The van der Waals surface area contributed by atoms with E-state index < -0.39 is 0 Å². The zero-order chi connectivity index (χ0) is 13.0. The van der Waals surface area contributed by atoms with E-state index in [2.05, 4.69) is 4.98 Å². The number of likely N-dealkylation sites (tertiary alicyclic amines) is 1. The van der Waals surface area contributed by atoms with Crippen molar-refractivity contribution in [1.29, 1.82) is 5.26 Å². The number of carbonyl (C=O) groups excluding carboxylic acids is 1. The average Bonchev–Trinajstić information content (AvgIpc) is 2.34. The lowest BCUT2D eigenvalue weighted by Crippen LogP contribution is -2.55. The number of carbonyl (C=O) groups is 1. The van der Waals surface area contributed by atoms with Gasteiger partial charge in [-0.15, -0.1) is 0 Å². The van der Waals surface area contributed by atoms with Crippen molar-refractivity contribution < 1.29 is 9.53 Å². The SMILES string of the molecule is C/C=C/C(=O)N1CC(Oc2ccc(C#N)cn2)C1. The van der Waals surface area contributed by atoms with Crippen molar-refractivity contribution in [1.82, 2.24) is 9.88 Å². The molecule has 92 valence electrons. The lowest BCUT2D eigenvalue weighted by molar-refractivity contribution is -0.134. The predicted octanol–water partition coefficient (Wildman–Crippen LogP) is 1.12. The molecule has 1 aliphatic heterocycles. The third kappa shape index (κ3) is 2.66. The number of aromatic nitrogens is 1. The van der Waals surface area contributed by atoms with Crippen LogP contribution in [0.15, 0.2) is 30.5 Å². The van der Waals surface area contributed by atoms with E-state index in [0.29, 0.717) is 24.5 Å². The highest BCUT2D eigenvalue weighted by Gasteiger charge is 2.31. The Bertz CT molecular complexity index is 496. The van der Waals surface area contributed by atoms with Crippen LogP contribution in [0.4, 0.5) is 0 Å². The fourth-order valence-electron chi connectivity index (χ4n) is 1.63. The molecule has 2 heterocycles. The van der Waals surface area contributed by atoms with E-state index in [0.717, 1.165) is 0 Å². The van der Waals surface area contributed by atoms with Crippen LogP contribution in [0.5, 0.6) is 5.88 Å². The lowest BCUT2D eigenvalue weighted by Gasteiger charge is -2.37. The highest BCUT2D eigenvalue weighted by atomic mass is 16.5. The van der Waals surface area contributed by atoms with Crippen molar-refractivity contribution in [3.05, 3.63) is 36.0 Å². The molecule has 0 radical (unpaired) electrons. The number of allylic oxidation sites excluding steroid dienone is 1. The van der Waals surface area contributed by atoms with Crippen LogP contribution in [0, 0.1) is 11.3 Å². The maximum Gasteiger partial charge on any atom is 0.246 e. The van der Waals surface area contributed by atoms with Gasteiger partial charge >= 0.3 is 0 Å². The molecule has 0 N–H and O–H groups in total. The van der Waals surface area contributed by atoms with Crippen molar-refractivity contribution in [2.24, 2.45) is 0 Å². The van der Waals surface area contributed by atoms with E-state index in [1.54, 1.807) is 23.1 Å². The van der Waals surface area contributed by atoms with Crippen molar-refractivity contribution >= 4 is 5.91 Å². The number of nitriles is 1. The minimum Gasteiger partial charge on any atom is -0.471 e. The summed E-state index contributed by atoms with van der Waals surface area (Å²) in [5.41, 5.74) is 0.501. The summed E-state index contributed by atoms with van der Waals surface area (Å²) in [6, 6.07) is 5.31. The summed E-state index contributed by atoms with van der Waals surface area (Å²) in [6.07, 6.45) is 4.71. The topological polar surface area (TPSA) is 66.2 Å². The number of nitrogens with zero attached hydrogens (tertiary/aromatic N) is 3. The van der Waals surface area contributed by atoms with E-state index in [-0.39, 0.29) is 12.0 Å². The van der Waals surface area contributed by atoms with Gasteiger partial charge in [-0.05, 0) is 19.1 Å². The van der Waals surface area contributed by atoms with Gasteiger partial charge in [-0.1, -0.05) is 6.08 Å². The Labute approximate surface area is 105 Å². The molecule has 2 rings (SSSR count). The fourth-order valence-corrected chi connectivity index (χ4v) is 1.63. The van der Waals surface area contributed by atoms with Crippen LogP contribution in [-0.4, -0.2) is 35.0 Å². The molecule has 0 spiro atoms. The molecule has 1 fully saturated rings. The summed E-state index contributed by atoms with van der Waals surface area (Å²) in [5.74, 6) is 0.488. The largest absolute Gasteiger partial charge is 0.471 e. The Morgan fingerprint density at radius 3 is 2.94 bits per heavy atom. The number of hydrogen-bond donors (Lipinski definition) is 0. The number of hydrogen-bond acceptors (Lipinski definition) is 4. The highest BCUT2D eigenvalue weighted by Crippen LogP contribution is 2.16. The second-order valence-corrected chi connectivity index (χ2v) is 3.98. The standard InChI is InChI=1S/C13H13N3O2/c1-2-3-13(17)16-8-11(9-16)18-12-5-4-10(6-14)7-15-12/h2-5,7,11H,8-9H2,1H3/b3-2+. The lowest BCUT2D eigenvalue weighted by atomic mass is 10.1. The second kappa shape index (κ2) is 5.32. The predicted molar refractivity (Wildman–Crippen MR) is 64.8 cm³/mol. The van der Waals surface area contributed by atoms with Gasteiger partial charge in [0, 0.05) is 12.3 Å². The minimum absolute atomic E-state index is 0.00476. The maximum absolute atomic E-state index is 11.4. The summed E-state index contributed by atoms with van der Waals surface area (Å²) in [4.78, 5) is 17.2. The van der Waals surface area contributed by atoms with E-state index in [1.807, 2.05) is 13.0 Å². The van der Waals surface area contributed by atoms with Crippen LogP contribution in [0.2, 0.25) is 0 Å². The molecule has 0 aromatic carbocycles. The first-order chi connectivity index (χ1) is 8.72. The molecule has 0 unspecified atom stereocenters. The van der Waals surface area contributed by atoms with Crippen LogP contribution in [0.3, 0.4) is 0 Å². The first kappa shape index (κ1) is 12.1. The van der Waals surface area contributed by atoms with Gasteiger partial charge in [-0.3, -0.25) is 4.79 Å². The normalized spacial score (nSPS) is 15.2. The van der Waals surface area contributed by atoms with Crippen LogP contribution < -0.4 is 4.74 Å². The molecule has 1 aliphatic rings. The Morgan fingerprint density at radius 2 is 2.39 bits per heavy atom. The third-order valence-corrected chi connectivity index (χ3v) is 2.62. The fraction of sp³-hybridized carbons (Fsp3) is 0.308. The Hall–Kier alpha value is -2.35. The molecule has 1 amide bonds. The van der Waals surface area contributed by atoms with Gasteiger partial charge in [0.25, 0.3) is 0 Å². The van der Waals surface area contributed by atoms with Crippen molar-refractivity contribution in [2.75, 3.05) is 13.1 Å². The summed E-state index contributed by atoms with van der Waals surface area (Å²) in [5, 5.41) is 8.63. The Kier molecular flexibility index (Phi) is 3.58. The summed E-state index contributed by atoms with van der Waals surface area (Å²) in [7, 11) is 0. The van der Waals surface area contributed by atoms with Gasteiger partial charge in [-0.2, -0.15) is 5.26 Å². The summed E-state index contributed by atoms with van der Waals surface area (Å²) in [6.45, 7) is 2.96. The van der Waals surface area contributed by atoms with E-state index in [9.17, 15) is 4.79 Å². The van der Waals surface area contributed by atoms with Crippen molar-refractivity contribution in [3.8, 4) is 11.9 Å². The van der Waals surface area contributed by atoms with Gasteiger partial charge in [0.15, 0.2) is 0 Å². The first-order valence-corrected chi connectivity index (χ1v) is 5.67. The van der Waals surface area contributed by atoms with Crippen molar-refractivity contribution in [2.45, 2.75) is 13.0 Å². The molecule has 0 saturated carbocycles. The molecule has 1 saturated heterocycles. The van der Waals surface area contributed by atoms with E-state index in [1.165, 1.54) is 12.3 Å². The van der Waals surface area contributed by atoms with Gasteiger partial charge in [-0.25, -0.2) is 4.98 Å². The molecule has 1 aromatic rings. The molecular weight excluding hydrogens is 230 g/mol. The zero-order valence-corrected chi connectivity index (χ0v) is 10.0. The van der Waals surface area contributed by atoms with Crippen LogP contribution in [0.25, 0.3) is 0 Å². The highest BCUT2D eigenvalue weighted by molar-refractivity contribution is 5.88. The summed E-state index contributed by atoms with van der Waals surface area (Å²) < 4.78 is 5.57. The Morgan fingerprint density at radius 1 is 1.61 bits per heavy atom. The number of ether oxygens (including phenoxy) is 1. The van der Waals surface area contributed by atoms with E-state index >= 15 is 0 Å². The van der Waals surface area contributed by atoms with Gasteiger partial charge in [0.05, 0.1) is 18.7 Å². The van der Waals surface area contributed by atoms with Crippen LogP contribution in [0.1, 0.15) is 12.5 Å².